The highest BCUT2D eigenvalue weighted by molar-refractivity contribution is 5.95. The van der Waals surface area contributed by atoms with Crippen molar-refractivity contribution in [3.8, 4) is 22.4 Å². The number of amides is 1. The van der Waals surface area contributed by atoms with Crippen molar-refractivity contribution in [2.24, 2.45) is 0 Å². The lowest BCUT2D eigenvalue weighted by Crippen LogP contribution is -2.29. The fourth-order valence-corrected chi connectivity index (χ4v) is 3.97. The molecule has 2 heterocycles. The quantitative estimate of drug-likeness (QED) is 0.482. The summed E-state index contributed by atoms with van der Waals surface area (Å²) in [4.78, 5) is 14.8. The second-order valence-electron chi connectivity index (χ2n) is 7.73. The van der Waals surface area contributed by atoms with Gasteiger partial charge in [0.25, 0.3) is 5.91 Å². The molecule has 31 heavy (non-hydrogen) atoms. The van der Waals surface area contributed by atoms with Gasteiger partial charge in [-0.05, 0) is 41.8 Å². The van der Waals surface area contributed by atoms with Crippen LogP contribution in [0.4, 0.5) is 4.39 Å². The highest BCUT2D eigenvalue weighted by atomic mass is 19.1. The fraction of sp³-hybridized carbons (Fsp3) is 0.160. The Morgan fingerprint density at radius 2 is 1.55 bits per heavy atom. The van der Waals surface area contributed by atoms with Crippen molar-refractivity contribution in [1.82, 2.24) is 19.9 Å². The summed E-state index contributed by atoms with van der Waals surface area (Å²) >= 11 is 0. The summed E-state index contributed by atoms with van der Waals surface area (Å²) in [6.07, 6.45) is 2.79. The van der Waals surface area contributed by atoms with Gasteiger partial charge in [-0.3, -0.25) is 4.79 Å². The Bertz CT molecular complexity index is 1190. The standard InChI is InChI=1S/C25H21FN4O/c26-22-12-10-19(11-13-22)18-6-8-21(9-7-18)25(31)29-15-14-23(16-29)30-17-24(27-28-30)20-4-2-1-3-5-20/h1-13,17,23H,14-16H2. The molecule has 1 aromatic heterocycles. The van der Waals surface area contributed by atoms with Gasteiger partial charge in [0.15, 0.2) is 0 Å². The van der Waals surface area contributed by atoms with Crippen molar-refractivity contribution in [3.63, 3.8) is 0 Å². The van der Waals surface area contributed by atoms with Gasteiger partial charge >= 0.3 is 0 Å². The Hall–Kier alpha value is -3.80. The Morgan fingerprint density at radius 1 is 0.871 bits per heavy atom. The van der Waals surface area contributed by atoms with E-state index in [1.807, 2.05) is 70.4 Å². The minimum absolute atomic E-state index is 0.0107. The molecule has 5 rings (SSSR count). The lowest BCUT2D eigenvalue weighted by atomic mass is 10.0. The van der Waals surface area contributed by atoms with Crippen LogP contribution in [0.1, 0.15) is 22.8 Å². The molecular formula is C25H21FN4O. The van der Waals surface area contributed by atoms with E-state index >= 15 is 0 Å². The number of halogens is 1. The SMILES string of the molecule is O=C(c1ccc(-c2ccc(F)cc2)cc1)N1CCC(n2cc(-c3ccccc3)nn2)C1. The molecule has 1 saturated heterocycles. The van der Waals surface area contributed by atoms with Crippen LogP contribution in [0, 0.1) is 5.82 Å². The summed E-state index contributed by atoms with van der Waals surface area (Å²) < 4.78 is 15.0. The third-order valence-corrected chi connectivity index (χ3v) is 5.71. The summed E-state index contributed by atoms with van der Waals surface area (Å²) in [5.41, 5.74) is 4.38. The molecule has 0 bridgehead atoms. The Labute approximate surface area is 179 Å². The van der Waals surface area contributed by atoms with Crippen LogP contribution in [0.2, 0.25) is 0 Å². The van der Waals surface area contributed by atoms with E-state index in [1.165, 1.54) is 12.1 Å². The van der Waals surface area contributed by atoms with E-state index in [1.54, 1.807) is 12.1 Å². The fourth-order valence-electron chi connectivity index (χ4n) is 3.97. The molecule has 1 aliphatic rings. The number of likely N-dealkylation sites (tertiary alicyclic amines) is 1. The molecule has 6 heteroatoms. The van der Waals surface area contributed by atoms with Gasteiger partial charge in [-0.15, -0.1) is 5.10 Å². The smallest absolute Gasteiger partial charge is 0.253 e. The maximum atomic E-state index is 13.1. The Balaban J connectivity index is 1.26. The van der Waals surface area contributed by atoms with Crippen LogP contribution in [0.3, 0.4) is 0 Å². The maximum Gasteiger partial charge on any atom is 0.253 e. The molecule has 0 saturated carbocycles. The van der Waals surface area contributed by atoms with E-state index in [4.69, 9.17) is 0 Å². The van der Waals surface area contributed by atoms with Gasteiger partial charge in [0, 0.05) is 24.2 Å². The molecule has 1 fully saturated rings. The van der Waals surface area contributed by atoms with Crippen molar-refractivity contribution >= 4 is 5.91 Å². The van der Waals surface area contributed by atoms with Crippen LogP contribution in [-0.2, 0) is 0 Å². The molecule has 1 aliphatic heterocycles. The monoisotopic (exact) mass is 412 g/mol. The molecule has 0 N–H and O–H groups in total. The number of hydrogen-bond acceptors (Lipinski definition) is 3. The predicted molar refractivity (Wildman–Crippen MR) is 117 cm³/mol. The summed E-state index contributed by atoms with van der Waals surface area (Å²) in [6.45, 7) is 1.29. The van der Waals surface area contributed by atoms with Crippen LogP contribution in [0.15, 0.2) is 85.1 Å². The number of carbonyl (C=O) groups excluding carboxylic acids is 1. The molecule has 5 nitrogen and oxygen atoms in total. The first-order chi connectivity index (χ1) is 15.2. The first kappa shape index (κ1) is 19.2. The van der Waals surface area contributed by atoms with Gasteiger partial charge in [0.05, 0.1) is 12.2 Å². The predicted octanol–water partition coefficient (Wildman–Crippen LogP) is 4.84. The van der Waals surface area contributed by atoms with E-state index < -0.39 is 0 Å². The van der Waals surface area contributed by atoms with E-state index in [9.17, 15) is 9.18 Å². The zero-order chi connectivity index (χ0) is 21.2. The molecule has 0 radical (unpaired) electrons. The normalized spacial score (nSPS) is 15.9. The average molecular weight is 412 g/mol. The lowest BCUT2D eigenvalue weighted by molar-refractivity contribution is 0.0787. The Morgan fingerprint density at radius 3 is 2.26 bits per heavy atom. The molecular weight excluding hydrogens is 391 g/mol. The molecule has 154 valence electrons. The van der Waals surface area contributed by atoms with E-state index in [0.717, 1.165) is 28.8 Å². The molecule has 1 amide bonds. The van der Waals surface area contributed by atoms with E-state index in [0.29, 0.717) is 18.7 Å². The van der Waals surface area contributed by atoms with Crippen LogP contribution in [0.5, 0.6) is 0 Å². The van der Waals surface area contributed by atoms with Gasteiger partial charge < -0.3 is 4.90 Å². The molecule has 4 aromatic rings. The minimum Gasteiger partial charge on any atom is -0.336 e. The summed E-state index contributed by atoms with van der Waals surface area (Å²) in [5.74, 6) is -0.251. The molecule has 0 aliphatic carbocycles. The summed E-state index contributed by atoms with van der Waals surface area (Å²) in [6, 6.07) is 23.9. The first-order valence-corrected chi connectivity index (χ1v) is 10.3. The van der Waals surface area contributed by atoms with Crippen molar-refractivity contribution < 1.29 is 9.18 Å². The van der Waals surface area contributed by atoms with Crippen LogP contribution in [0.25, 0.3) is 22.4 Å². The third-order valence-electron chi connectivity index (χ3n) is 5.71. The van der Waals surface area contributed by atoms with E-state index in [2.05, 4.69) is 10.3 Å². The summed E-state index contributed by atoms with van der Waals surface area (Å²) in [7, 11) is 0. The van der Waals surface area contributed by atoms with Gasteiger partial charge in [-0.1, -0.05) is 59.8 Å². The minimum atomic E-state index is -0.262. The number of carbonyl (C=O) groups is 1. The third kappa shape index (κ3) is 3.97. The van der Waals surface area contributed by atoms with E-state index in [-0.39, 0.29) is 17.8 Å². The average Bonchev–Trinajstić information content (AvgIpc) is 3.50. The largest absolute Gasteiger partial charge is 0.336 e. The van der Waals surface area contributed by atoms with Gasteiger partial charge in [0.1, 0.15) is 11.5 Å². The zero-order valence-electron chi connectivity index (χ0n) is 16.9. The highest BCUT2D eigenvalue weighted by Crippen LogP contribution is 2.26. The van der Waals surface area contributed by atoms with Crippen molar-refractivity contribution in [2.75, 3.05) is 13.1 Å². The molecule has 3 aromatic carbocycles. The molecule has 1 atom stereocenters. The number of nitrogens with zero attached hydrogens (tertiary/aromatic N) is 4. The van der Waals surface area contributed by atoms with Gasteiger partial charge in [0.2, 0.25) is 0 Å². The lowest BCUT2D eigenvalue weighted by Gasteiger charge is -2.17. The van der Waals surface area contributed by atoms with Gasteiger partial charge in [-0.2, -0.15) is 0 Å². The number of hydrogen-bond donors (Lipinski definition) is 0. The van der Waals surface area contributed by atoms with Crippen molar-refractivity contribution in [1.29, 1.82) is 0 Å². The van der Waals surface area contributed by atoms with Gasteiger partial charge in [-0.25, -0.2) is 9.07 Å². The van der Waals surface area contributed by atoms with Crippen molar-refractivity contribution in [2.45, 2.75) is 12.5 Å². The molecule has 1 unspecified atom stereocenters. The second-order valence-corrected chi connectivity index (χ2v) is 7.73. The van der Waals surface area contributed by atoms with Crippen molar-refractivity contribution in [3.05, 3.63) is 96.4 Å². The number of benzene rings is 3. The maximum absolute atomic E-state index is 13.1. The zero-order valence-corrected chi connectivity index (χ0v) is 16.9. The van der Waals surface area contributed by atoms with Crippen LogP contribution >= 0.6 is 0 Å². The topological polar surface area (TPSA) is 51.0 Å². The van der Waals surface area contributed by atoms with Crippen LogP contribution in [-0.4, -0.2) is 38.9 Å². The first-order valence-electron chi connectivity index (χ1n) is 10.3. The Kier molecular flexibility index (Phi) is 5.04. The number of aromatic nitrogens is 3. The van der Waals surface area contributed by atoms with Crippen LogP contribution < -0.4 is 0 Å². The second kappa shape index (κ2) is 8.14. The number of rotatable bonds is 4. The highest BCUT2D eigenvalue weighted by Gasteiger charge is 2.29. The summed E-state index contributed by atoms with van der Waals surface area (Å²) in [5, 5.41) is 8.58. The molecule has 0 spiro atoms.